The van der Waals surface area contributed by atoms with Crippen molar-refractivity contribution in [2.75, 3.05) is 19.7 Å². The Balaban J connectivity index is 1.52. The number of carbonyl (C=O) groups is 1. The molecular weight excluding hydrogens is 459 g/mol. The Morgan fingerprint density at radius 2 is 1.97 bits per heavy atom. The second-order valence-electron chi connectivity index (χ2n) is 9.71. The molecule has 3 rings (SSSR count). The van der Waals surface area contributed by atoms with Gasteiger partial charge in [-0.3, -0.25) is 9.69 Å². The summed E-state index contributed by atoms with van der Waals surface area (Å²) < 4.78 is 19.3. The number of piperidine rings is 1. The van der Waals surface area contributed by atoms with Crippen molar-refractivity contribution in [1.82, 2.24) is 10.2 Å². The van der Waals surface area contributed by atoms with E-state index < -0.39 is 17.4 Å². The van der Waals surface area contributed by atoms with Gasteiger partial charge in [0.25, 0.3) is 0 Å². The smallest absolute Gasteiger partial charge is 0.307 e. The molecule has 0 aromatic heterocycles. The summed E-state index contributed by atoms with van der Waals surface area (Å²) in [6.45, 7) is 8.08. The molecular formula is C26H34ClFN2O4. The quantitative estimate of drug-likeness (QED) is 0.463. The number of aliphatic hydroxyl groups is 1. The van der Waals surface area contributed by atoms with Crippen molar-refractivity contribution in [3.05, 3.63) is 64.4 Å². The molecule has 2 unspecified atom stereocenters. The molecule has 8 heteroatoms. The van der Waals surface area contributed by atoms with E-state index in [9.17, 15) is 14.3 Å². The Kier molecular flexibility index (Phi) is 8.93. The number of hydrogen-bond acceptors (Lipinski definition) is 5. The van der Waals surface area contributed by atoms with Crippen LogP contribution in [0.5, 0.6) is 5.75 Å². The van der Waals surface area contributed by atoms with Crippen LogP contribution >= 0.6 is 11.6 Å². The van der Waals surface area contributed by atoms with E-state index in [0.717, 1.165) is 30.6 Å². The summed E-state index contributed by atoms with van der Waals surface area (Å²) in [6.07, 6.45) is 0.665. The molecule has 1 saturated heterocycles. The van der Waals surface area contributed by atoms with Crippen LogP contribution < -0.4 is 10.1 Å². The van der Waals surface area contributed by atoms with Gasteiger partial charge in [0, 0.05) is 48.4 Å². The lowest BCUT2D eigenvalue weighted by molar-refractivity contribution is -0.136. The van der Waals surface area contributed by atoms with E-state index in [0.29, 0.717) is 24.1 Å². The van der Waals surface area contributed by atoms with Gasteiger partial charge in [-0.25, -0.2) is 4.39 Å². The van der Waals surface area contributed by atoms with Gasteiger partial charge in [-0.15, -0.1) is 0 Å². The third-order valence-electron chi connectivity index (χ3n) is 6.38. The predicted molar refractivity (Wildman–Crippen MR) is 131 cm³/mol. The van der Waals surface area contributed by atoms with Crippen molar-refractivity contribution < 1.29 is 24.1 Å². The van der Waals surface area contributed by atoms with E-state index in [1.807, 2.05) is 12.1 Å². The minimum atomic E-state index is -1.21. The fourth-order valence-corrected chi connectivity index (χ4v) is 4.49. The summed E-state index contributed by atoms with van der Waals surface area (Å²) in [5.74, 6) is -1.03. The van der Waals surface area contributed by atoms with E-state index in [1.165, 1.54) is 17.7 Å². The van der Waals surface area contributed by atoms with Crippen LogP contribution in [0.4, 0.5) is 4.39 Å². The Morgan fingerprint density at radius 3 is 2.65 bits per heavy atom. The van der Waals surface area contributed by atoms with E-state index in [1.54, 1.807) is 6.92 Å². The number of likely N-dealkylation sites (tertiary alicyclic amines) is 1. The van der Waals surface area contributed by atoms with Gasteiger partial charge in [0.1, 0.15) is 23.8 Å². The molecule has 6 nitrogen and oxygen atoms in total. The number of nitrogens with one attached hydrogen (secondary N) is 1. The first-order valence-corrected chi connectivity index (χ1v) is 12.0. The van der Waals surface area contributed by atoms with E-state index >= 15 is 0 Å². The van der Waals surface area contributed by atoms with Crippen LogP contribution in [0.1, 0.15) is 38.3 Å². The number of carboxylic acids is 1. The molecule has 0 bridgehead atoms. The van der Waals surface area contributed by atoms with Crippen molar-refractivity contribution in [2.24, 2.45) is 5.92 Å². The number of carboxylic acid groups (broad SMARTS) is 1. The van der Waals surface area contributed by atoms with E-state index in [2.05, 4.69) is 36.2 Å². The van der Waals surface area contributed by atoms with Crippen LogP contribution in [0.15, 0.2) is 42.5 Å². The number of aliphatic carboxylic acids is 1. The van der Waals surface area contributed by atoms with Gasteiger partial charge in [-0.1, -0.05) is 36.7 Å². The number of benzene rings is 2. The summed E-state index contributed by atoms with van der Waals surface area (Å²) in [5.41, 5.74) is 0.388. The average Bonchev–Trinajstić information content (AvgIpc) is 2.76. The van der Waals surface area contributed by atoms with Gasteiger partial charge in [-0.05, 0) is 49.9 Å². The Labute approximate surface area is 205 Å². The van der Waals surface area contributed by atoms with Gasteiger partial charge >= 0.3 is 5.97 Å². The summed E-state index contributed by atoms with van der Waals surface area (Å²) >= 11 is 6.00. The molecule has 0 spiro atoms. The van der Waals surface area contributed by atoms with Crippen LogP contribution in [0.25, 0.3) is 0 Å². The zero-order valence-electron chi connectivity index (χ0n) is 19.9. The van der Waals surface area contributed by atoms with Crippen molar-refractivity contribution >= 4 is 17.6 Å². The summed E-state index contributed by atoms with van der Waals surface area (Å²) in [5, 5.41) is 24.1. The molecule has 0 amide bonds. The van der Waals surface area contributed by atoms with Crippen molar-refractivity contribution in [3.8, 4) is 5.75 Å². The first-order chi connectivity index (χ1) is 16.0. The third kappa shape index (κ3) is 7.67. The summed E-state index contributed by atoms with van der Waals surface area (Å²) in [6, 6.07) is 12.3. The molecule has 1 heterocycles. The van der Waals surface area contributed by atoms with Gasteiger partial charge in [-0.2, -0.15) is 0 Å². The standard InChI is InChI=1S/C26H34ClFN2O4/c1-17-13-30(14-19-4-7-21(27)8-5-19)18(2)10-23(17)29-15-26(3,33)16-34-24-12-22(28)9-6-20(24)11-25(31)32/h4-9,12,17-18,23,29,33H,10-11,13-16H2,1-3H3,(H,31,32)/t17-,18-,23?,26?/m0/s1. The normalized spacial score (nSPS) is 22.8. The van der Waals surface area contributed by atoms with Crippen molar-refractivity contribution in [2.45, 2.75) is 57.8 Å². The third-order valence-corrected chi connectivity index (χ3v) is 6.63. The topological polar surface area (TPSA) is 82.0 Å². The van der Waals surface area contributed by atoms with Gasteiger partial charge in [0.15, 0.2) is 0 Å². The minimum Gasteiger partial charge on any atom is -0.490 e. The maximum absolute atomic E-state index is 13.6. The lowest BCUT2D eigenvalue weighted by atomic mass is 9.88. The molecule has 3 N–H and O–H groups in total. The number of hydrogen-bond donors (Lipinski definition) is 3. The zero-order valence-corrected chi connectivity index (χ0v) is 20.7. The molecule has 186 valence electrons. The number of nitrogens with zero attached hydrogens (tertiary/aromatic N) is 1. The molecule has 2 aromatic carbocycles. The Hall–Kier alpha value is -2.19. The van der Waals surface area contributed by atoms with Crippen LogP contribution in [0.2, 0.25) is 5.02 Å². The van der Waals surface area contributed by atoms with Crippen LogP contribution in [-0.2, 0) is 17.8 Å². The Morgan fingerprint density at radius 1 is 1.26 bits per heavy atom. The van der Waals surface area contributed by atoms with Crippen LogP contribution in [0.3, 0.4) is 0 Å². The number of ether oxygens (including phenoxy) is 1. The zero-order chi connectivity index (χ0) is 24.9. The van der Waals surface area contributed by atoms with E-state index in [4.69, 9.17) is 21.4 Å². The van der Waals surface area contributed by atoms with Crippen molar-refractivity contribution in [1.29, 1.82) is 0 Å². The minimum absolute atomic E-state index is 0.0879. The number of rotatable bonds is 10. The molecule has 1 fully saturated rings. The maximum atomic E-state index is 13.6. The molecule has 0 radical (unpaired) electrons. The monoisotopic (exact) mass is 492 g/mol. The Bertz CT molecular complexity index is 970. The largest absolute Gasteiger partial charge is 0.490 e. The fourth-order valence-electron chi connectivity index (χ4n) is 4.36. The molecule has 1 aliphatic heterocycles. The second-order valence-corrected chi connectivity index (χ2v) is 10.1. The SMILES string of the molecule is C[C@H]1CN(Cc2ccc(Cl)cc2)[C@@H](C)CC1NCC(C)(O)COc1cc(F)ccc1CC(=O)O. The predicted octanol–water partition coefficient (Wildman–Crippen LogP) is 4.12. The lowest BCUT2D eigenvalue weighted by Crippen LogP contribution is -2.55. The summed E-state index contributed by atoms with van der Waals surface area (Å²) in [7, 11) is 0. The van der Waals surface area contributed by atoms with Crippen LogP contribution in [0, 0.1) is 11.7 Å². The lowest BCUT2D eigenvalue weighted by Gasteiger charge is -2.43. The van der Waals surface area contributed by atoms with E-state index in [-0.39, 0.29) is 24.8 Å². The first kappa shape index (κ1) is 26.4. The summed E-state index contributed by atoms with van der Waals surface area (Å²) in [4.78, 5) is 13.5. The highest BCUT2D eigenvalue weighted by Crippen LogP contribution is 2.26. The second kappa shape index (κ2) is 11.5. The van der Waals surface area contributed by atoms with Crippen LogP contribution in [-0.4, -0.2) is 58.5 Å². The highest BCUT2D eigenvalue weighted by molar-refractivity contribution is 6.30. The highest BCUT2D eigenvalue weighted by Gasteiger charge is 2.32. The fraction of sp³-hybridized carbons (Fsp3) is 0.500. The molecule has 0 saturated carbocycles. The highest BCUT2D eigenvalue weighted by atomic mass is 35.5. The van der Waals surface area contributed by atoms with Gasteiger partial charge < -0.3 is 20.3 Å². The van der Waals surface area contributed by atoms with Gasteiger partial charge in [0.05, 0.1) is 6.42 Å². The number of halogens is 2. The van der Waals surface area contributed by atoms with Gasteiger partial charge in [0.2, 0.25) is 0 Å². The molecule has 0 aliphatic carbocycles. The first-order valence-electron chi connectivity index (χ1n) is 11.6. The maximum Gasteiger partial charge on any atom is 0.307 e. The molecule has 2 aromatic rings. The molecule has 1 aliphatic rings. The van der Waals surface area contributed by atoms with Crippen molar-refractivity contribution in [3.63, 3.8) is 0 Å². The molecule has 4 atom stereocenters. The molecule has 34 heavy (non-hydrogen) atoms. The average molecular weight is 493 g/mol.